The van der Waals surface area contributed by atoms with E-state index in [1.165, 1.54) is 25.0 Å². The Morgan fingerprint density at radius 2 is 2.00 bits per heavy atom. The smallest absolute Gasteiger partial charge is 0.126 e. The van der Waals surface area contributed by atoms with Crippen molar-refractivity contribution in [3.05, 3.63) is 35.4 Å². The summed E-state index contributed by atoms with van der Waals surface area (Å²) in [7, 11) is 0. The van der Waals surface area contributed by atoms with Crippen LogP contribution in [0.5, 0.6) is 0 Å². The van der Waals surface area contributed by atoms with E-state index < -0.39 is 11.6 Å². The molecule has 0 saturated carbocycles. The van der Waals surface area contributed by atoms with Gasteiger partial charge in [-0.1, -0.05) is 6.92 Å². The van der Waals surface area contributed by atoms with Crippen LogP contribution in [0.2, 0.25) is 0 Å². The highest BCUT2D eigenvalue weighted by Crippen LogP contribution is 2.16. The van der Waals surface area contributed by atoms with Gasteiger partial charge in [0.15, 0.2) is 0 Å². The average Bonchev–Trinajstić information content (AvgIpc) is 2.84. The molecule has 1 heterocycles. The Labute approximate surface area is 120 Å². The van der Waals surface area contributed by atoms with E-state index in [1.807, 2.05) is 0 Å². The molecule has 1 fully saturated rings. The highest BCUT2D eigenvalue weighted by atomic mass is 19.1. The van der Waals surface area contributed by atoms with Crippen LogP contribution in [0.15, 0.2) is 18.2 Å². The molecule has 2 rings (SSSR count). The Balaban J connectivity index is 1.72. The number of benzene rings is 1. The second-order valence-corrected chi connectivity index (χ2v) is 5.69. The molecule has 4 heteroatoms. The van der Waals surface area contributed by atoms with Gasteiger partial charge >= 0.3 is 0 Å². The first-order valence-corrected chi connectivity index (χ1v) is 7.55. The number of rotatable bonds is 7. The summed E-state index contributed by atoms with van der Waals surface area (Å²) < 4.78 is 26.2. The summed E-state index contributed by atoms with van der Waals surface area (Å²) in [6.07, 6.45) is 3.10. The number of nitrogens with one attached hydrogen (secondary N) is 1. The molecule has 0 aromatic heterocycles. The second kappa shape index (κ2) is 7.70. The fraction of sp³-hybridized carbons (Fsp3) is 0.625. The third-order valence-electron chi connectivity index (χ3n) is 3.87. The number of likely N-dealkylation sites (tertiary alicyclic amines) is 1. The van der Waals surface area contributed by atoms with Gasteiger partial charge in [0, 0.05) is 19.2 Å². The molecule has 1 aliphatic heterocycles. The van der Waals surface area contributed by atoms with Crippen molar-refractivity contribution in [1.29, 1.82) is 0 Å². The predicted octanol–water partition coefficient (Wildman–Crippen LogP) is 2.83. The van der Waals surface area contributed by atoms with Crippen molar-refractivity contribution in [3.8, 4) is 0 Å². The first kappa shape index (κ1) is 15.4. The molecule has 1 unspecified atom stereocenters. The fourth-order valence-corrected chi connectivity index (χ4v) is 2.81. The zero-order chi connectivity index (χ0) is 14.4. The zero-order valence-electron chi connectivity index (χ0n) is 12.2. The lowest BCUT2D eigenvalue weighted by Gasteiger charge is -2.16. The van der Waals surface area contributed by atoms with E-state index in [9.17, 15) is 8.78 Å². The summed E-state index contributed by atoms with van der Waals surface area (Å²) in [5.74, 6) is -0.253. The number of halogens is 2. The van der Waals surface area contributed by atoms with E-state index in [1.54, 1.807) is 0 Å². The highest BCUT2D eigenvalue weighted by Gasteiger charge is 2.21. The number of nitrogens with zero attached hydrogens (tertiary/aromatic N) is 1. The van der Waals surface area contributed by atoms with Gasteiger partial charge in [-0.05, 0) is 62.5 Å². The molecule has 1 aromatic rings. The monoisotopic (exact) mass is 282 g/mol. The van der Waals surface area contributed by atoms with Crippen molar-refractivity contribution in [1.82, 2.24) is 10.2 Å². The van der Waals surface area contributed by atoms with E-state index in [4.69, 9.17) is 0 Å². The van der Waals surface area contributed by atoms with Gasteiger partial charge in [0.25, 0.3) is 0 Å². The molecule has 0 radical (unpaired) electrons. The van der Waals surface area contributed by atoms with Gasteiger partial charge in [-0.3, -0.25) is 0 Å². The molecule has 0 aliphatic carbocycles. The minimum absolute atomic E-state index is 0.483. The molecule has 1 atom stereocenters. The van der Waals surface area contributed by atoms with Crippen molar-refractivity contribution in [2.24, 2.45) is 5.92 Å². The molecule has 1 saturated heterocycles. The first-order valence-electron chi connectivity index (χ1n) is 7.55. The van der Waals surface area contributed by atoms with Crippen LogP contribution in [0.3, 0.4) is 0 Å². The lowest BCUT2D eigenvalue weighted by molar-refractivity contribution is 0.325. The summed E-state index contributed by atoms with van der Waals surface area (Å²) in [4.78, 5) is 2.39. The van der Waals surface area contributed by atoms with Crippen LogP contribution in [0.1, 0.15) is 25.3 Å². The van der Waals surface area contributed by atoms with Crippen LogP contribution >= 0.6 is 0 Å². The van der Waals surface area contributed by atoms with E-state index in [2.05, 4.69) is 17.1 Å². The molecular weight excluding hydrogens is 258 g/mol. The van der Waals surface area contributed by atoms with Gasteiger partial charge < -0.3 is 10.2 Å². The largest absolute Gasteiger partial charge is 0.316 e. The van der Waals surface area contributed by atoms with Crippen LogP contribution < -0.4 is 5.32 Å². The lowest BCUT2D eigenvalue weighted by Crippen LogP contribution is -2.28. The summed E-state index contributed by atoms with van der Waals surface area (Å²) >= 11 is 0. The van der Waals surface area contributed by atoms with Gasteiger partial charge in [-0.15, -0.1) is 0 Å². The van der Waals surface area contributed by atoms with E-state index in [-0.39, 0.29) is 0 Å². The molecule has 112 valence electrons. The Hall–Kier alpha value is -1.00. The highest BCUT2D eigenvalue weighted by molar-refractivity contribution is 5.18. The molecule has 1 aliphatic rings. The van der Waals surface area contributed by atoms with Crippen LogP contribution in [-0.4, -0.2) is 37.6 Å². The van der Waals surface area contributed by atoms with Gasteiger partial charge in [-0.25, -0.2) is 8.78 Å². The lowest BCUT2D eigenvalue weighted by atomic mass is 10.1. The summed E-state index contributed by atoms with van der Waals surface area (Å²) in [6.45, 7) is 7.40. The van der Waals surface area contributed by atoms with Gasteiger partial charge in [-0.2, -0.15) is 0 Å². The van der Waals surface area contributed by atoms with E-state index >= 15 is 0 Å². The number of hydrogen-bond donors (Lipinski definition) is 1. The minimum Gasteiger partial charge on any atom is -0.316 e. The van der Waals surface area contributed by atoms with Crippen LogP contribution in [0.25, 0.3) is 0 Å². The van der Waals surface area contributed by atoms with Crippen molar-refractivity contribution in [3.63, 3.8) is 0 Å². The Bertz CT molecular complexity index is 403. The van der Waals surface area contributed by atoms with Gasteiger partial charge in [0.2, 0.25) is 0 Å². The molecule has 0 spiro atoms. The van der Waals surface area contributed by atoms with Crippen LogP contribution in [0, 0.1) is 17.6 Å². The van der Waals surface area contributed by atoms with Gasteiger partial charge in [0.1, 0.15) is 11.6 Å². The summed E-state index contributed by atoms with van der Waals surface area (Å²) in [5.41, 5.74) is 0.745. The molecule has 0 bridgehead atoms. The van der Waals surface area contributed by atoms with Crippen molar-refractivity contribution < 1.29 is 8.78 Å². The van der Waals surface area contributed by atoms with E-state index in [0.29, 0.717) is 12.3 Å². The summed E-state index contributed by atoms with van der Waals surface area (Å²) in [6, 6.07) is 3.79. The normalized spacial score (nSPS) is 19.6. The maximum atomic E-state index is 13.1. The van der Waals surface area contributed by atoms with Crippen molar-refractivity contribution >= 4 is 0 Å². The van der Waals surface area contributed by atoms with Crippen molar-refractivity contribution in [2.45, 2.75) is 26.2 Å². The Kier molecular flexibility index (Phi) is 5.92. The zero-order valence-corrected chi connectivity index (χ0v) is 12.2. The maximum Gasteiger partial charge on any atom is 0.126 e. The van der Waals surface area contributed by atoms with Crippen LogP contribution in [-0.2, 0) is 6.42 Å². The second-order valence-electron chi connectivity index (χ2n) is 5.69. The SMILES string of the molecule is CCCNCC1CCN(CCc2cc(F)cc(F)c2)C1. The quantitative estimate of drug-likeness (QED) is 0.774. The molecule has 0 amide bonds. The number of hydrogen-bond acceptors (Lipinski definition) is 2. The average molecular weight is 282 g/mol. The molecular formula is C16H24F2N2. The van der Waals surface area contributed by atoms with Crippen LogP contribution in [0.4, 0.5) is 8.78 Å². The minimum atomic E-state index is -0.483. The topological polar surface area (TPSA) is 15.3 Å². The standard InChI is InChI=1S/C16H24F2N2/c1-2-5-19-11-14-4-7-20(12-14)6-3-13-8-15(17)10-16(18)9-13/h8-10,14,19H,2-7,11-12H2,1H3. The summed E-state index contributed by atoms with van der Waals surface area (Å²) in [5, 5.41) is 3.46. The molecule has 20 heavy (non-hydrogen) atoms. The Morgan fingerprint density at radius 3 is 2.70 bits per heavy atom. The Morgan fingerprint density at radius 1 is 1.25 bits per heavy atom. The van der Waals surface area contributed by atoms with E-state index in [0.717, 1.165) is 44.4 Å². The fourth-order valence-electron chi connectivity index (χ4n) is 2.81. The molecule has 1 aromatic carbocycles. The van der Waals surface area contributed by atoms with Gasteiger partial charge in [0.05, 0.1) is 0 Å². The maximum absolute atomic E-state index is 13.1. The third-order valence-corrected chi connectivity index (χ3v) is 3.87. The molecule has 2 nitrogen and oxygen atoms in total. The molecule has 1 N–H and O–H groups in total. The third kappa shape index (κ3) is 4.84. The first-order chi connectivity index (χ1) is 9.67. The predicted molar refractivity (Wildman–Crippen MR) is 77.8 cm³/mol. The van der Waals surface area contributed by atoms with Crippen molar-refractivity contribution in [2.75, 3.05) is 32.7 Å².